The Bertz CT molecular complexity index is 148. The van der Waals surface area contributed by atoms with Gasteiger partial charge in [0.2, 0.25) is 0 Å². The van der Waals surface area contributed by atoms with Crippen LogP contribution in [0, 0.1) is 0 Å². The molecule has 0 saturated heterocycles. The van der Waals surface area contributed by atoms with Gasteiger partial charge in [0.05, 0.1) is 0 Å². The van der Waals surface area contributed by atoms with Crippen molar-refractivity contribution in [2.75, 3.05) is 6.61 Å². The molecule has 84 valence electrons. The van der Waals surface area contributed by atoms with Crippen LogP contribution in [0.4, 0.5) is 0 Å². The minimum absolute atomic E-state index is 0.101. The highest BCUT2D eigenvalue weighted by molar-refractivity contribution is 4.83. The molecule has 0 aliphatic heterocycles. The van der Waals surface area contributed by atoms with Gasteiger partial charge in [0.1, 0.15) is 0 Å². The fraction of sp³-hybridized carbons (Fsp3) is 1.00. The second-order valence-corrected chi connectivity index (χ2v) is 5.19. The van der Waals surface area contributed by atoms with Crippen LogP contribution in [0.1, 0.15) is 58.8 Å². The maximum atomic E-state index is 8.95. The standard InChI is InChI=1S/C12H25NO/c1-12(2,9-10-14)13-11-7-5-3-4-6-8-11/h11,13-14H,3-10H2,1-2H3. The Labute approximate surface area is 88.1 Å². The van der Waals surface area contributed by atoms with Crippen molar-refractivity contribution in [3.63, 3.8) is 0 Å². The summed E-state index contributed by atoms with van der Waals surface area (Å²) in [5.74, 6) is 0. The monoisotopic (exact) mass is 199 g/mol. The van der Waals surface area contributed by atoms with Gasteiger partial charge in [-0.1, -0.05) is 25.7 Å². The molecule has 0 aromatic carbocycles. The molecule has 1 saturated carbocycles. The summed E-state index contributed by atoms with van der Waals surface area (Å²) in [7, 11) is 0. The third kappa shape index (κ3) is 4.43. The molecule has 14 heavy (non-hydrogen) atoms. The largest absolute Gasteiger partial charge is 0.396 e. The smallest absolute Gasteiger partial charge is 0.0448 e. The fourth-order valence-electron chi connectivity index (χ4n) is 2.33. The fourth-order valence-corrected chi connectivity index (χ4v) is 2.33. The van der Waals surface area contributed by atoms with E-state index in [0.717, 1.165) is 6.42 Å². The highest BCUT2D eigenvalue weighted by Crippen LogP contribution is 2.20. The summed E-state index contributed by atoms with van der Waals surface area (Å²) in [6.07, 6.45) is 9.02. The van der Waals surface area contributed by atoms with Crippen LogP contribution in [0.15, 0.2) is 0 Å². The zero-order valence-electron chi connectivity index (χ0n) is 9.68. The van der Waals surface area contributed by atoms with E-state index < -0.39 is 0 Å². The number of hydrogen-bond acceptors (Lipinski definition) is 2. The first kappa shape index (κ1) is 12.0. The Kier molecular flexibility index (Phi) is 4.90. The average molecular weight is 199 g/mol. The summed E-state index contributed by atoms with van der Waals surface area (Å²) in [6.45, 7) is 4.66. The lowest BCUT2D eigenvalue weighted by Crippen LogP contribution is -2.46. The topological polar surface area (TPSA) is 32.3 Å². The van der Waals surface area contributed by atoms with Crippen LogP contribution < -0.4 is 5.32 Å². The van der Waals surface area contributed by atoms with Gasteiger partial charge in [-0.3, -0.25) is 0 Å². The molecule has 0 atom stereocenters. The van der Waals surface area contributed by atoms with Gasteiger partial charge in [0.25, 0.3) is 0 Å². The van der Waals surface area contributed by atoms with E-state index >= 15 is 0 Å². The van der Waals surface area contributed by atoms with Crippen LogP contribution >= 0.6 is 0 Å². The molecule has 1 rings (SSSR count). The summed E-state index contributed by atoms with van der Waals surface area (Å²) < 4.78 is 0. The van der Waals surface area contributed by atoms with Gasteiger partial charge in [-0.05, 0) is 33.1 Å². The van der Waals surface area contributed by atoms with E-state index in [1.54, 1.807) is 0 Å². The molecule has 1 fully saturated rings. The van der Waals surface area contributed by atoms with Gasteiger partial charge in [-0.25, -0.2) is 0 Å². The number of aliphatic hydroxyl groups excluding tert-OH is 1. The molecule has 0 unspecified atom stereocenters. The lowest BCUT2D eigenvalue weighted by atomic mass is 9.97. The summed E-state index contributed by atoms with van der Waals surface area (Å²) in [5, 5.41) is 12.6. The Hall–Kier alpha value is -0.0800. The van der Waals surface area contributed by atoms with E-state index in [1.807, 2.05) is 0 Å². The van der Waals surface area contributed by atoms with Crippen LogP contribution in [0.2, 0.25) is 0 Å². The number of nitrogens with one attached hydrogen (secondary N) is 1. The van der Waals surface area contributed by atoms with E-state index in [9.17, 15) is 0 Å². The van der Waals surface area contributed by atoms with Gasteiger partial charge < -0.3 is 10.4 Å². The Morgan fingerprint density at radius 3 is 2.21 bits per heavy atom. The van der Waals surface area contributed by atoms with E-state index in [-0.39, 0.29) is 12.1 Å². The number of hydrogen-bond donors (Lipinski definition) is 2. The van der Waals surface area contributed by atoms with Crippen LogP contribution in [0.5, 0.6) is 0 Å². The first-order chi connectivity index (χ1) is 6.64. The van der Waals surface area contributed by atoms with Crippen LogP contribution in [-0.4, -0.2) is 23.3 Å². The zero-order chi connectivity index (χ0) is 10.4. The lowest BCUT2D eigenvalue weighted by molar-refractivity contribution is 0.214. The quantitative estimate of drug-likeness (QED) is 0.682. The van der Waals surface area contributed by atoms with Crippen molar-refractivity contribution in [3.05, 3.63) is 0 Å². The molecule has 0 aromatic heterocycles. The van der Waals surface area contributed by atoms with Crippen molar-refractivity contribution in [1.82, 2.24) is 5.32 Å². The predicted octanol–water partition coefficient (Wildman–Crippen LogP) is 2.46. The third-order valence-corrected chi connectivity index (χ3v) is 3.19. The van der Waals surface area contributed by atoms with Crippen LogP contribution in [0.3, 0.4) is 0 Å². The molecule has 0 bridgehead atoms. The molecule has 2 N–H and O–H groups in total. The number of aliphatic hydroxyl groups is 1. The molecule has 1 aliphatic rings. The molecule has 2 nitrogen and oxygen atoms in total. The van der Waals surface area contributed by atoms with Crippen molar-refractivity contribution in [3.8, 4) is 0 Å². The zero-order valence-corrected chi connectivity index (χ0v) is 9.68. The summed E-state index contributed by atoms with van der Waals surface area (Å²) in [4.78, 5) is 0. The van der Waals surface area contributed by atoms with E-state index in [2.05, 4.69) is 19.2 Å². The summed E-state index contributed by atoms with van der Waals surface area (Å²) >= 11 is 0. The van der Waals surface area contributed by atoms with Crippen molar-refractivity contribution in [2.24, 2.45) is 0 Å². The molecule has 0 radical (unpaired) electrons. The molecular weight excluding hydrogens is 174 g/mol. The van der Waals surface area contributed by atoms with Gasteiger partial charge in [-0.15, -0.1) is 0 Å². The predicted molar refractivity (Wildman–Crippen MR) is 60.4 cm³/mol. The highest BCUT2D eigenvalue weighted by Gasteiger charge is 2.21. The summed E-state index contributed by atoms with van der Waals surface area (Å²) in [5.41, 5.74) is 0.101. The second-order valence-electron chi connectivity index (χ2n) is 5.19. The van der Waals surface area contributed by atoms with Crippen molar-refractivity contribution >= 4 is 0 Å². The SMILES string of the molecule is CC(C)(CCO)NC1CCCCCC1. The van der Waals surface area contributed by atoms with Crippen molar-refractivity contribution < 1.29 is 5.11 Å². The van der Waals surface area contributed by atoms with Crippen LogP contribution in [0.25, 0.3) is 0 Å². The second kappa shape index (κ2) is 5.72. The Morgan fingerprint density at radius 2 is 1.71 bits per heavy atom. The molecule has 0 heterocycles. The third-order valence-electron chi connectivity index (χ3n) is 3.19. The minimum Gasteiger partial charge on any atom is -0.396 e. The van der Waals surface area contributed by atoms with E-state index in [1.165, 1.54) is 38.5 Å². The van der Waals surface area contributed by atoms with Crippen molar-refractivity contribution in [2.45, 2.75) is 70.4 Å². The lowest BCUT2D eigenvalue weighted by Gasteiger charge is -2.31. The normalized spacial score (nSPS) is 20.8. The summed E-state index contributed by atoms with van der Waals surface area (Å²) in [6, 6.07) is 0.680. The number of rotatable bonds is 4. The van der Waals surface area contributed by atoms with E-state index in [4.69, 9.17) is 5.11 Å². The van der Waals surface area contributed by atoms with E-state index in [0.29, 0.717) is 6.04 Å². The molecule has 0 spiro atoms. The minimum atomic E-state index is 0.101. The Morgan fingerprint density at radius 1 is 1.14 bits per heavy atom. The molecular formula is C12H25NO. The maximum absolute atomic E-state index is 8.95. The maximum Gasteiger partial charge on any atom is 0.0448 e. The average Bonchev–Trinajstić information content (AvgIpc) is 2.31. The van der Waals surface area contributed by atoms with Gasteiger partial charge in [-0.2, -0.15) is 0 Å². The first-order valence-corrected chi connectivity index (χ1v) is 6.02. The van der Waals surface area contributed by atoms with Crippen molar-refractivity contribution in [1.29, 1.82) is 0 Å². The molecule has 2 heteroatoms. The molecule has 1 aliphatic carbocycles. The molecule has 0 aromatic rings. The van der Waals surface area contributed by atoms with Gasteiger partial charge in [0.15, 0.2) is 0 Å². The highest BCUT2D eigenvalue weighted by atomic mass is 16.3. The van der Waals surface area contributed by atoms with Gasteiger partial charge >= 0.3 is 0 Å². The first-order valence-electron chi connectivity index (χ1n) is 6.02. The Balaban J connectivity index is 2.33. The van der Waals surface area contributed by atoms with Crippen LogP contribution in [-0.2, 0) is 0 Å². The molecule has 0 amide bonds. The van der Waals surface area contributed by atoms with Gasteiger partial charge in [0, 0.05) is 18.2 Å².